The van der Waals surface area contributed by atoms with Crippen LogP contribution in [0.15, 0.2) is 29.2 Å². The lowest BCUT2D eigenvalue weighted by Gasteiger charge is -2.08. The average Bonchev–Trinajstić information content (AvgIpc) is 2.61. The van der Waals surface area contributed by atoms with Crippen LogP contribution in [0.5, 0.6) is 0 Å². The van der Waals surface area contributed by atoms with E-state index in [4.69, 9.17) is 5.73 Å². The molecule has 5 heteroatoms. The number of sulfonamides is 1. The van der Waals surface area contributed by atoms with Crippen LogP contribution in [0.3, 0.4) is 0 Å². The maximum Gasteiger partial charge on any atom is 0.240 e. The van der Waals surface area contributed by atoms with E-state index in [0.29, 0.717) is 5.69 Å². The van der Waals surface area contributed by atoms with Crippen LogP contribution in [0.4, 0.5) is 5.69 Å². The van der Waals surface area contributed by atoms with Crippen LogP contribution in [0, 0.1) is 10.8 Å². The van der Waals surface area contributed by atoms with Crippen LogP contribution < -0.4 is 10.5 Å². The van der Waals surface area contributed by atoms with Crippen LogP contribution in [0.1, 0.15) is 27.7 Å². The zero-order valence-corrected chi connectivity index (χ0v) is 12.0. The van der Waals surface area contributed by atoms with Gasteiger partial charge in [-0.25, -0.2) is 13.1 Å². The van der Waals surface area contributed by atoms with Gasteiger partial charge in [-0.3, -0.25) is 0 Å². The van der Waals surface area contributed by atoms with Crippen LogP contribution in [-0.4, -0.2) is 14.5 Å². The molecular formula is C13H20N2O2S. The lowest BCUT2D eigenvalue weighted by Crippen LogP contribution is -2.29. The SMILES string of the molecule is CC1(C)C(NS(=O)(=O)c2cccc(N)c2)C1(C)C. The fourth-order valence-corrected chi connectivity index (χ4v) is 3.98. The van der Waals surface area contributed by atoms with Crippen LogP contribution in [0.2, 0.25) is 0 Å². The Bertz CT molecular complexity index is 562. The van der Waals surface area contributed by atoms with Crippen molar-refractivity contribution in [3.63, 3.8) is 0 Å². The van der Waals surface area contributed by atoms with Gasteiger partial charge in [0.1, 0.15) is 0 Å². The van der Waals surface area contributed by atoms with Crippen molar-refractivity contribution in [2.75, 3.05) is 5.73 Å². The van der Waals surface area contributed by atoms with E-state index in [2.05, 4.69) is 32.4 Å². The van der Waals surface area contributed by atoms with E-state index in [-0.39, 0.29) is 21.8 Å². The smallest absolute Gasteiger partial charge is 0.240 e. The molecule has 1 aromatic rings. The van der Waals surface area contributed by atoms with E-state index in [1.165, 1.54) is 6.07 Å². The van der Waals surface area contributed by atoms with Crippen molar-refractivity contribution in [3.05, 3.63) is 24.3 Å². The molecule has 1 fully saturated rings. The number of nitrogens with one attached hydrogen (secondary N) is 1. The topological polar surface area (TPSA) is 72.2 Å². The molecule has 100 valence electrons. The summed E-state index contributed by atoms with van der Waals surface area (Å²) < 4.78 is 27.3. The van der Waals surface area contributed by atoms with Gasteiger partial charge in [0, 0.05) is 11.7 Å². The summed E-state index contributed by atoms with van der Waals surface area (Å²) in [6.45, 7) is 8.28. The minimum absolute atomic E-state index is 0.0274. The second-order valence-corrected chi connectivity index (χ2v) is 7.78. The Morgan fingerprint density at radius 1 is 1.17 bits per heavy atom. The van der Waals surface area contributed by atoms with Crippen molar-refractivity contribution in [3.8, 4) is 0 Å². The molecule has 0 heterocycles. The molecule has 0 aromatic heterocycles. The molecular weight excluding hydrogens is 248 g/mol. The van der Waals surface area contributed by atoms with Crippen molar-refractivity contribution in [1.82, 2.24) is 4.72 Å². The van der Waals surface area contributed by atoms with Crippen LogP contribution >= 0.6 is 0 Å². The summed E-state index contributed by atoms with van der Waals surface area (Å²) in [4.78, 5) is 0.223. The number of hydrogen-bond acceptors (Lipinski definition) is 3. The highest BCUT2D eigenvalue weighted by Gasteiger charge is 2.65. The van der Waals surface area contributed by atoms with Crippen molar-refractivity contribution in [2.45, 2.75) is 38.6 Å². The van der Waals surface area contributed by atoms with E-state index >= 15 is 0 Å². The zero-order valence-electron chi connectivity index (χ0n) is 11.2. The second-order valence-electron chi connectivity index (χ2n) is 6.07. The molecule has 3 N–H and O–H groups in total. The van der Waals surface area contributed by atoms with Crippen molar-refractivity contribution >= 4 is 15.7 Å². The first-order chi connectivity index (χ1) is 8.09. The van der Waals surface area contributed by atoms with Gasteiger partial charge >= 0.3 is 0 Å². The van der Waals surface area contributed by atoms with Crippen molar-refractivity contribution in [2.24, 2.45) is 10.8 Å². The summed E-state index contributed by atoms with van der Waals surface area (Å²) in [5, 5.41) is 0. The average molecular weight is 268 g/mol. The van der Waals surface area contributed by atoms with Crippen molar-refractivity contribution in [1.29, 1.82) is 0 Å². The summed E-state index contributed by atoms with van der Waals surface area (Å²) in [5.41, 5.74) is 6.01. The Hall–Kier alpha value is -1.07. The Balaban J connectivity index is 2.25. The molecule has 0 aliphatic heterocycles. The fourth-order valence-electron chi connectivity index (χ4n) is 2.40. The first-order valence-corrected chi connectivity index (χ1v) is 7.45. The molecule has 18 heavy (non-hydrogen) atoms. The third-order valence-corrected chi connectivity index (χ3v) is 5.88. The molecule has 0 atom stereocenters. The maximum absolute atomic E-state index is 12.2. The summed E-state index contributed by atoms with van der Waals surface area (Å²) in [6, 6.07) is 6.31. The largest absolute Gasteiger partial charge is 0.399 e. The summed E-state index contributed by atoms with van der Waals surface area (Å²) in [5.74, 6) is 0. The monoisotopic (exact) mass is 268 g/mol. The minimum Gasteiger partial charge on any atom is -0.399 e. The Morgan fingerprint density at radius 2 is 1.72 bits per heavy atom. The lowest BCUT2D eigenvalue weighted by molar-refractivity contribution is 0.457. The molecule has 1 aliphatic rings. The molecule has 0 radical (unpaired) electrons. The molecule has 4 nitrogen and oxygen atoms in total. The number of nitrogens with two attached hydrogens (primary N) is 1. The Morgan fingerprint density at radius 3 is 2.17 bits per heavy atom. The maximum atomic E-state index is 12.2. The van der Waals surface area contributed by atoms with E-state index in [1.54, 1.807) is 18.2 Å². The van der Waals surface area contributed by atoms with Gasteiger partial charge in [0.25, 0.3) is 0 Å². The first kappa shape index (κ1) is 13.4. The standard InChI is InChI=1S/C13H20N2O2S/c1-12(2)11(13(12,3)4)15-18(16,17)10-7-5-6-9(14)8-10/h5-8,11,15H,14H2,1-4H3. The molecule has 0 bridgehead atoms. The fraction of sp³-hybridized carbons (Fsp3) is 0.538. The molecule has 0 spiro atoms. The number of anilines is 1. The highest BCUT2D eigenvalue weighted by Crippen LogP contribution is 2.62. The number of rotatable bonds is 3. The van der Waals surface area contributed by atoms with Gasteiger partial charge in [-0.2, -0.15) is 0 Å². The molecule has 1 aliphatic carbocycles. The van der Waals surface area contributed by atoms with Gasteiger partial charge in [-0.1, -0.05) is 33.8 Å². The van der Waals surface area contributed by atoms with Gasteiger partial charge < -0.3 is 5.73 Å². The van der Waals surface area contributed by atoms with Crippen LogP contribution in [0.25, 0.3) is 0 Å². The van der Waals surface area contributed by atoms with Gasteiger partial charge in [-0.15, -0.1) is 0 Å². The number of nitrogen functional groups attached to an aromatic ring is 1. The van der Waals surface area contributed by atoms with Gasteiger partial charge in [-0.05, 0) is 29.0 Å². The number of benzene rings is 1. The van der Waals surface area contributed by atoms with E-state index in [9.17, 15) is 8.42 Å². The van der Waals surface area contributed by atoms with E-state index in [1.807, 2.05) is 0 Å². The highest BCUT2D eigenvalue weighted by molar-refractivity contribution is 7.89. The first-order valence-electron chi connectivity index (χ1n) is 5.97. The molecule has 1 saturated carbocycles. The van der Waals surface area contributed by atoms with Gasteiger partial charge in [0.05, 0.1) is 4.90 Å². The molecule has 0 saturated heterocycles. The minimum atomic E-state index is -3.49. The Kier molecular flexibility index (Phi) is 2.76. The van der Waals surface area contributed by atoms with Crippen LogP contribution in [-0.2, 0) is 10.0 Å². The third kappa shape index (κ3) is 1.91. The summed E-state index contributed by atoms with van der Waals surface area (Å²) >= 11 is 0. The van der Waals surface area contributed by atoms with Gasteiger partial charge in [0.15, 0.2) is 0 Å². The predicted molar refractivity (Wildman–Crippen MR) is 72.5 cm³/mol. The van der Waals surface area contributed by atoms with E-state index < -0.39 is 10.0 Å². The Labute approximate surface area is 109 Å². The molecule has 0 amide bonds. The van der Waals surface area contributed by atoms with Crippen molar-refractivity contribution < 1.29 is 8.42 Å². The highest BCUT2D eigenvalue weighted by atomic mass is 32.2. The third-order valence-electron chi connectivity index (χ3n) is 4.46. The normalized spacial score (nSPS) is 21.8. The number of hydrogen-bond donors (Lipinski definition) is 2. The predicted octanol–water partition coefficient (Wildman–Crippen LogP) is 1.98. The zero-order chi connectivity index (χ0) is 13.8. The lowest BCUT2D eigenvalue weighted by atomic mass is 10.0. The quantitative estimate of drug-likeness (QED) is 0.823. The second kappa shape index (κ2) is 3.71. The summed E-state index contributed by atoms with van der Waals surface area (Å²) in [7, 11) is -3.49. The molecule has 2 rings (SSSR count). The van der Waals surface area contributed by atoms with Gasteiger partial charge in [0.2, 0.25) is 10.0 Å². The summed E-state index contributed by atoms with van der Waals surface area (Å²) in [6.07, 6.45) is 0. The molecule has 0 unspecified atom stereocenters. The molecule has 1 aromatic carbocycles. The van der Waals surface area contributed by atoms with E-state index in [0.717, 1.165) is 0 Å².